The fourth-order valence-electron chi connectivity index (χ4n) is 2.52. The molecule has 1 saturated heterocycles. The fraction of sp³-hybridized carbons (Fsp3) is 0.500. The van der Waals surface area contributed by atoms with Gasteiger partial charge in [0.25, 0.3) is 5.91 Å². The molecule has 0 saturated carbocycles. The molecule has 1 aromatic rings. The van der Waals surface area contributed by atoms with Crippen LogP contribution in [0.3, 0.4) is 0 Å². The number of hydrogen-bond donors (Lipinski definition) is 2. The summed E-state index contributed by atoms with van der Waals surface area (Å²) in [6.07, 6.45) is 0.817. The number of carbonyl (C=O) groups excluding carboxylic acids is 2. The van der Waals surface area contributed by atoms with Crippen LogP contribution in [-0.4, -0.2) is 46.9 Å². The molecular weight excluding hydrogens is 292 g/mol. The van der Waals surface area contributed by atoms with E-state index in [-0.39, 0.29) is 30.7 Å². The van der Waals surface area contributed by atoms with Gasteiger partial charge in [0.1, 0.15) is 6.04 Å². The highest BCUT2D eigenvalue weighted by Crippen LogP contribution is 2.24. The first-order valence-electron chi connectivity index (χ1n) is 6.84. The highest BCUT2D eigenvalue weighted by atomic mass is 32.1. The van der Waals surface area contributed by atoms with Gasteiger partial charge in [-0.3, -0.25) is 9.59 Å². The number of rotatable bonds is 5. The van der Waals surface area contributed by atoms with Gasteiger partial charge in [0.05, 0.1) is 4.88 Å². The van der Waals surface area contributed by atoms with E-state index >= 15 is 0 Å². The second-order valence-corrected chi connectivity index (χ2v) is 6.07. The Hall–Kier alpha value is -1.89. The van der Waals surface area contributed by atoms with E-state index in [0.717, 1.165) is 0 Å². The zero-order valence-electron chi connectivity index (χ0n) is 11.7. The van der Waals surface area contributed by atoms with Crippen molar-refractivity contribution in [2.45, 2.75) is 25.8 Å². The molecule has 2 unspecified atom stereocenters. The number of aliphatic carboxylic acids is 1. The molecule has 0 aliphatic carbocycles. The normalized spacial score (nSPS) is 21.3. The zero-order chi connectivity index (χ0) is 15.4. The lowest BCUT2D eigenvalue weighted by Gasteiger charge is -2.23. The van der Waals surface area contributed by atoms with Crippen molar-refractivity contribution in [3.63, 3.8) is 0 Å². The minimum Gasteiger partial charge on any atom is -0.480 e. The van der Waals surface area contributed by atoms with Gasteiger partial charge in [-0.15, -0.1) is 11.3 Å². The lowest BCUT2D eigenvalue weighted by atomic mass is 10.0. The van der Waals surface area contributed by atoms with E-state index in [0.29, 0.717) is 17.8 Å². The van der Waals surface area contributed by atoms with Crippen LogP contribution in [0.15, 0.2) is 17.5 Å². The summed E-state index contributed by atoms with van der Waals surface area (Å²) in [5.41, 5.74) is 0. The topological polar surface area (TPSA) is 86.7 Å². The number of carbonyl (C=O) groups is 3. The number of amides is 2. The Kier molecular flexibility index (Phi) is 4.95. The number of carboxylic acid groups (broad SMARTS) is 1. The zero-order valence-corrected chi connectivity index (χ0v) is 12.6. The third-order valence-corrected chi connectivity index (χ3v) is 4.51. The quantitative estimate of drug-likeness (QED) is 0.855. The lowest BCUT2D eigenvalue weighted by molar-refractivity contribution is -0.149. The monoisotopic (exact) mass is 310 g/mol. The average molecular weight is 310 g/mol. The van der Waals surface area contributed by atoms with Crippen LogP contribution in [0, 0.1) is 5.92 Å². The van der Waals surface area contributed by atoms with Crippen LogP contribution < -0.4 is 5.32 Å². The Labute approximate surface area is 126 Å². The summed E-state index contributed by atoms with van der Waals surface area (Å²) in [7, 11) is 0. The van der Waals surface area contributed by atoms with Crippen molar-refractivity contribution in [1.29, 1.82) is 0 Å². The Morgan fingerprint density at radius 2 is 2.24 bits per heavy atom. The van der Waals surface area contributed by atoms with Crippen LogP contribution in [0.5, 0.6) is 0 Å². The van der Waals surface area contributed by atoms with E-state index < -0.39 is 12.0 Å². The highest BCUT2D eigenvalue weighted by Gasteiger charge is 2.39. The van der Waals surface area contributed by atoms with Crippen molar-refractivity contribution in [3.8, 4) is 0 Å². The summed E-state index contributed by atoms with van der Waals surface area (Å²) >= 11 is 1.33. The molecule has 0 spiro atoms. The molecule has 0 bridgehead atoms. The first kappa shape index (κ1) is 15.5. The Balaban J connectivity index is 1.82. The number of carboxylic acids is 1. The van der Waals surface area contributed by atoms with Crippen LogP contribution >= 0.6 is 11.3 Å². The molecule has 2 atom stereocenters. The molecule has 1 aliphatic heterocycles. The second kappa shape index (κ2) is 6.71. The van der Waals surface area contributed by atoms with Crippen molar-refractivity contribution in [1.82, 2.24) is 10.2 Å². The van der Waals surface area contributed by atoms with Gasteiger partial charge in [-0.25, -0.2) is 4.79 Å². The number of likely N-dealkylation sites (tertiary alicyclic amines) is 1. The van der Waals surface area contributed by atoms with Gasteiger partial charge in [0.2, 0.25) is 5.91 Å². The molecule has 114 valence electrons. The first-order chi connectivity index (χ1) is 10.0. The van der Waals surface area contributed by atoms with E-state index in [9.17, 15) is 19.5 Å². The minimum absolute atomic E-state index is 0.0350. The predicted octanol–water partition coefficient (Wildman–Crippen LogP) is 1.19. The molecule has 2 amide bonds. The summed E-state index contributed by atoms with van der Waals surface area (Å²) in [4.78, 5) is 37.0. The summed E-state index contributed by atoms with van der Waals surface area (Å²) in [5, 5.41) is 13.7. The molecule has 2 heterocycles. The van der Waals surface area contributed by atoms with Crippen LogP contribution in [0.1, 0.15) is 29.4 Å². The van der Waals surface area contributed by atoms with E-state index in [1.165, 1.54) is 16.2 Å². The van der Waals surface area contributed by atoms with Crippen molar-refractivity contribution in [2.24, 2.45) is 5.92 Å². The summed E-state index contributed by atoms with van der Waals surface area (Å²) < 4.78 is 0. The molecule has 2 rings (SSSR count). The third-order valence-electron chi connectivity index (χ3n) is 3.64. The van der Waals surface area contributed by atoms with E-state index in [2.05, 4.69) is 5.32 Å². The average Bonchev–Trinajstić information content (AvgIpc) is 3.07. The summed E-state index contributed by atoms with van der Waals surface area (Å²) in [6.45, 7) is 2.52. The molecule has 1 fully saturated rings. The number of nitrogens with zero attached hydrogens (tertiary/aromatic N) is 1. The molecule has 1 aliphatic rings. The first-order valence-corrected chi connectivity index (χ1v) is 7.72. The fourth-order valence-corrected chi connectivity index (χ4v) is 3.16. The smallest absolute Gasteiger partial charge is 0.326 e. The molecular formula is C14H18N2O4S. The standard InChI is InChI=1S/C14H18N2O4S/c1-9-5-7-16(12(9)14(19)20)11(17)4-6-15-13(18)10-3-2-8-21-10/h2-3,8-9,12H,4-7H2,1H3,(H,15,18)(H,19,20). The van der Waals surface area contributed by atoms with Crippen LogP contribution in [0.2, 0.25) is 0 Å². The van der Waals surface area contributed by atoms with Crippen LogP contribution in [-0.2, 0) is 9.59 Å². The molecule has 1 aromatic heterocycles. The van der Waals surface area contributed by atoms with Gasteiger partial charge in [-0.05, 0) is 23.8 Å². The Morgan fingerprint density at radius 3 is 2.86 bits per heavy atom. The van der Waals surface area contributed by atoms with Gasteiger partial charge < -0.3 is 15.3 Å². The SMILES string of the molecule is CC1CCN(C(=O)CCNC(=O)c2cccs2)C1C(=O)O. The largest absolute Gasteiger partial charge is 0.480 e. The molecule has 6 nitrogen and oxygen atoms in total. The van der Waals surface area contributed by atoms with E-state index in [1.54, 1.807) is 12.1 Å². The maximum Gasteiger partial charge on any atom is 0.326 e. The van der Waals surface area contributed by atoms with Gasteiger partial charge >= 0.3 is 5.97 Å². The maximum absolute atomic E-state index is 12.1. The maximum atomic E-state index is 12.1. The summed E-state index contributed by atoms with van der Waals surface area (Å²) in [6, 6.07) is 2.75. The predicted molar refractivity (Wildman–Crippen MR) is 78.2 cm³/mol. The summed E-state index contributed by atoms with van der Waals surface area (Å²) in [5.74, 6) is -1.43. The van der Waals surface area contributed by atoms with Crippen LogP contribution in [0.25, 0.3) is 0 Å². The third kappa shape index (κ3) is 3.60. The van der Waals surface area contributed by atoms with Crippen LogP contribution in [0.4, 0.5) is 0 Å². The van der Waals surface area contributed by atoms with Crippen molar-refractivity contribution in [3.05, 3.63) is 22.4 Å². The van der Waals surface area contributed by atoms with Gasteiger partial charge in [-0.1, -0.05) is 13.0 Å². The Morgan fingerprint density at radius 1 is 1.48 bits per heavy atom. The van der Waals surface area contributed by atoms with Gasteiger partial charge in [-0.2, -0.15) is 0 Å². The number of nitrogens with one attached hydrogen (secondary N) is 1. The number of hydrogen-bond acceptors (Lipinski definition) is 4. The van der Waals surface area contributed by atoms with Crippen molar-refractivity contribution < 1.29 is 19.5 Å². The van der Waals surface area contributed by atoms with Crippen molar-refractivity contribution in [2.75, 3.05) is 13.1 Å². The lowest BCUT2D eigenvalue weighted by Crippen LogP contribution is -2.43. The minimum atomic E-state index is -0.962. The molecule has 2 N–H and O–H groups in total. The molecule has 21 heavy (non-hydrogen) atoms. The second-order valence-electron chi connectivity index (χ2n) is 5.12. The molecule has 0 radical (unpaired) electrons. The van der Waals surface area contributed by atoms with Crippen molar-refractivity contribution >= 4 is 29.1 Å². The highest BCUT2D eigenvalue weighted by molar-refractivity contribution is 7.12. The van der Waals surface area contributed by atoms with E-state index in [1.807, 2.05) is 12.3 Å². The number of thiophene rings is 1. The van der Waals surface area contributed by atoms with E-state index in [4.69, 9.17) is 0 Å². The Bertz CT molecular complexity index is 529. The van der Waals surface area contributed by atoms with Gasteiger partial charge in [0, 0.05) is 19.5 Å². The molecule has 0 aromatic carbocycles. The molecule has 7 heteroatoms. The van der Waals surface area contributed by atoms with Gasteiger partial charge in [0.15, 0.2) is 0 Å².